The molecule has 2 heteroatoms. The van der Waals surface area contributed by atoms with Gasteiger partial charge in [-0.05, 0) is 185 Å². The van der Waals surface area contributed by atoms with Crippen molar-refractivity contribution in [2.75, 3.05) is 9.80 Å². The summed E-state index contributed by atoms with van der Waals surface area (Å²) in [6.45, 7) is 9.22. The first-order valence-electron chi connectivity index (χ1n) is 31.4. The molecule has 17 rings (SSSR count). The van der Waals surface area contributed by atoms with Crippen LogP contribution in [0.15, 0.2) is 291 Å². The second-order valence-corrected chi connectivity index (χ2v) is 25.0. The highest BCUT2D eigenvalue weighted by Crippen LogP contribution is 2.58. The molecule has 0 saturated carbocycles. The molecule has 16 aromatic rings. The molecule has 89 heavy (non-hydrogen) atoms. The number of hydrogen-bond acceptors (Lipinski definition) is 2. The first-order valence-corrected chi connectivity index (χ1v) is 31.4. The quantitative estimate of drug-likeness (QED) is 0.126. The number of hydrogen-bond donors (Lipinski definition) is 0. The molecule has 0 fully saturated rings. The largest absolute Gasteiger partial charge is 0.309 e. The molecule has 0 aromatic heterocycles. The van der Waals surface area contributed by atoms with Gasteiger partial charge >= 0.3 is 0 Å². The third-order valence-electron chi connectivity index (χ3n) is 19.8. The van der Waals surface area contributed by atoms with Crippen LogP contribution < -0.4 is 9.80 Å². The lowest BCUT2D eigenvalue weighted by Crippen LogP contribution is -2.31. The molecule has 422 valence electrons. The molecule has 1 aliphatic carbocycles. The number of anilines is 6. The molecule has 0 saturated heterocycles. The van der Waals surface area contributed by atoms with Crippen LogP contribution in [0, 0.1) is 27.7 Å². The van der Waals surface area contributed by atoms with Crippen molar-refractivity contribution in [2.24, 2.45) is 0 Å². The van der Waals surface area contributed by atoms with Gasteiger partial charge in [0.1, 0.15) is 0 Å². The summed E-state index contributed by atoms with van der Waals surface area (Å²) in [6, 6.07) is 110. The zero-order chi connectivity index (χ0) is 59.5. The molecule has 16 aromatic carbocycles. The Bertz CT molecular complexity index is 4970. The van der Waals surface area contributed by atoms with E-state index in [-0.39, 0.29) is 0 Å². The van der Waals surface area contributed by atoms with Gasteiger partial charge in [-0.3, -0.25) is 0 Å². The van der Waals surface area contributed by atoms with Gasteiger partial charge in [-0.2, -0.15) is 0 Å². The number of nitrogens with zero attached hydrogens (tertiary/aromatic N) is 2. The number of aryl methyl sites for hydroxylation is 4. The molecular weight excluding hydrogens is 1070 g/mol. The molecule has 1 aliphatic rings. The third-order valence-corrected chi connectivity index (χ3v) is 19.8. The van der Waals surface area contributed by atoms with Crippen LogP contribution in [0.3, 0.4) is 0 Å². The summed E-state index contributed by atoms with van der Waals surface area (Å²) >= 11 is 0. The van der Waals surface area contributed by atoms with Crippen molar-refractivity contribution in [1.29, 1.82) is 0 Å². The van der Waals surface area contributed by atoms with Crippen molar-refractivity contribution in [3.05, 3.63) is 336 Å². The normalized spacial score (nSPS) is 12.7. The van der Waals surface area contributed by atoms with E-state index in [0.717, 1.165) is 24.2 Å². The maximum absolute atomic E-state index is 2.64. The Labute approximate surface area is 519 Å². The van der Waals surface area contributed by atoms with Gasteiger partial charge in [0, 0.05) is 38.3 Å². The Balaban J connectivity index is 0.966. The highest BCUT2D eigenvalue weighted by molar-refractivity contribution is 6.20. The van der Waals surface area contributed by atoms with Gasteiger partial charge in [0.2, 0.25) is 0 Å². The lowest BCUT2D eigenvalue weighted by Gasteiger charge is -2.36. The average molecular weight is 1140 g/mol. The Morgan fingerprint density at radius 1 is 0.236 bits per heavy atom. The van der Waals surface area contributed by atoms with E-state index in [0.29, 0.717) is 0 Å². The lowest BCUT2D eigenvalue weighted by atomic mass is 9.69. The number of benzene rings is 16. The van der Waals surface area contributed by atoms with Gasteiger partial charge in [-0.1, -0.05) is 267 Å². The van der Waals surface area contributed by atoms with Crippen molar-refractivity contribution < 1.29 is 0 Å². The molecule has 0 atom stereocenters. The highest BCUT2D eigenvalue weighted by Gasteiger charge is 2.45. The van der Waals surface area contributed by atoms with Crippen molar-refractivity contribution in [3.63, 3.8) is 0 Å². The molecule has 0 spiro atoms. The molecule has 0 aliphatic heterocycles. The summed E-state index contributed by atoms with van der Waals surface area (Å²) in [5.41, 5.74) is 19.2. The van der Waals surface area contributed by atoms with Crippen molar-refractivity contribution in [2.45, 2.75) is 46.0 Å². The van der Waals surface area contributed by atoms with Crippen LogP contribution in [0.25, 0.3) is 97.3 Å². The summed E-state index contributed by atoms with van der Waals surface area (Å²) in [5.74, 6) is 0. The first-order chi connectivity index (χ1) is 43.8. The molecule has 0 unspecified atom stereocenters. The van der Waals surface area contributed by atoms with Gasteiger partial charge in [0.05, 0.1) is 22.7 Å². The zero-order valence-electron chi connectivity index (χ0n) is 50.5. The van der Waals surface area contributed by atoms with Crippen LogP contribution >= 0.6 is 0 Å². The topological polar surface area (TPSA) is 6.48 Å². The van der Waals surface area contributed by atoms with Crippen LogP contribution in [-0.2, 0) is 18.3 Å². The second-order valence-electron chi connectivity index (χ2n) is 25.0. The summed E-state index contributed by atoms with van der Waals surface area (Å²) in [5, 5.41) is 19.8. The Morgan fingerprint density at radius 2 is 0.506 bits per heavy atom. The first kappa shape index (κ1) is 52.5. The van der Waals surface area contributed by atoms with E-state index in [4.69, 9.17) is 0 Å². The van der Waals surface area contributed by atoms with Crippen molar-refractivity contribution in [3.8, 4) is 11.1 Å². The summed E-state index contributed by atoms with van der Waals surface area (Å²) < 4.78 is 0. The van der Waals surface area contributed by atoms with Crippen LogP contribution in [-0.4, -0.2) is 0 Å². The predicted octanol–water partition coefficient (Wildman–Crippen LogP) is 23.8. The van der Waals surface area contributed by atoms with Gasteiger partial charge in [0.25, 0.3) is 0 Å². The number of fused-ring (bicyclic) bond motifs is 15. The smallest absolute Gasteiger partial charge is 0.0569 e. The van der Waals surface area contributed by atoms with Gasteiger partial charge in [-0.25, -0.2) is 0 Å². The molecular formula is C87H64N2. The fourth-order valence-corrected chi connectivity index (χ4v) is 15.7. The monoisotopic (exact) mass is 1140 g/mol. The fraction of sp³-hybridized carbons (Fsp3) is 0.0805. The summed E-state index contributed by atoms with van der Waals surface area (Å²) in [7, 11) is 0. The standard InChI is InChI=1S/C87H64N2/c1-55-31-41-71-67-27-15-11-23-61(67)35-45-77(71)83(55)88(84-56(2)32-42-72-68-28-16-12-24-62(68)36-46-78(72)84)65-39-49-75-76-50-40-66(52-82(76)87(81(75)51-65,53-59-19-7-5-8-20-59)54-60-21-9-6-10-22-60)89(85-57(3)33-43-73-69-29-17-13-25-63(69)37-47-79(73)85)86-58(4)34-44-74-70-30-18-14-26-64(70)38-48-80(74)86/h5-52H,53-54H2,1-4H3. The van der Waals surface area contributed by atoms with Crippen LogP contribution in [0.5, 0.6) is 0 Å². The van der Waals surface area contributed by atoms with Gasteiger partial charge in [-0.15, -0.1) is 0 Å². The Morgan fingerprint density at radius 3 is 0.809 bits per heavy atom. The van der Waals surface area contributed by atoms with E-state index in [2.05, 4.69) is 329 Å². The van der Waals surface area contributed by atoms with E-state index >= 15 is 0 Å². The average Bonchev–Trinajstić information content (AvgIpc) is 1.64. The Hall–Kier alpha value is -10.8. The molecule has 0 amide bonds. The third kappa shape index (κ3) is 8.31. The van der Waals surface area contributed by atoms with Crippen LogP contribution in [0.4, 0.5) is 34.1 Å². The SMILES string of the molecule is Cc1ccc2c(ccc3ccccc32)c1N(c1ccc2c(c1)C(Cc1ccccc1)(Cc1ccccc1)c1cc(N(c3c(C)ccc4c3ccc3ccccc34)c3c(C)ccc4c3ccc3ccccc34)ccc1-2)c1c(C)ccc2c1ccc1ccccc12. The minimum Gasteiger partial charge on any atom is -0.309 e. The molecule has 0 radical (unpaired) electrons. The zero-order valence-corrected chi connectivity index (χ0v) is 50.5. The Kier molecular flexibility index (Phi) is 12.2. The summed E-state index contributed by atoms with van der Waals surface area (Å²) in [6.07, 6.45) is 1.57. The lowest BCUT2D eigenvalue weighted by molar-refractivity contribution is 0.520. The van der Waals surface area contributed by atoms with Crippen molar-refractivity contribution in [1.82, 2.24) is 0 Å². The number of rotatable bonds is 10. The fourth-order valence-electron chi connectivity index (χ4n) is 15.7. The van der Waals surface area contributed by atoms with E-state index in [1.54, 1.807) is 0 Å². The molecule has 2 nitrogen and oxygen atoms in total. The van der Waals surface area contributed by atoms with E-state index in [1.807, 2.05) is 0 Å². The van der Waals surface area contributed by atoms with Gasteiger partial charge in [0.15, 0.2) is 0 Å². The maximum atomic E-state index is 2.64. The summed E-state index contributed by atoms with van der Waals surface area (Å²) in [4.78, 5) is 5.29. The van der Waals surface area contributed by atoms with E-state index in [1.165, 1.54) is 165 Å². The molecule has 0 N–H and O–H groups in total. The van der Waals surface area contributed by atoms with Crippen LogP contribution in [0.2, 0.25) is 0 Å². The van der Waals surface area contributed by atoms with E-state index in [9.17, 15) is 0 Å². The van der Waals surface area contributed by atoms with Crippen molar-refractivity contribution >= 4 is 120 Å². The maximum Gasteiger partial charge on any atom is 0.0569 e. The highest BCUT2D eigenvalue weighted by atomic mass is 15.2. The molecule has 0 heterocycles. The van der Waals surface area contributed by atoms with Gasteiger partial charge < -0.3 is 9.80 Å². The minimum atomic E-state index is -0.543. The second kappa shape index (κ2) is 20.7. The van der Waals surface area contributed by atoms with E-state index < -0.39 is 5.41 Å². The van der Waals surface area contributed by atoms with Crippen LogP contribution in [0.1, 0.15) is 44.5 Å². The predicted molar refractivity (Wildman–Crippen MR) is 381 cm³/mol. The minimum absolute atomic E-state index is 0.543. The molecule has 0 bridgehead atoms.